The van der Waals surface area contributed by atoms with Gasteiger partial charge in [0.05, 0.1) is 10.4 Å². The van der Waals surface area contributed by atoms with Crippen LogP contribution in [0.15, 0.2) is 0 Å². The molecule has 0 atom stereocenters. The predicted octanol–water partition coefficient (Wildman–Crippen LogP) is 1.88. The first-order valence-corrected chi connectivity index (χ1v) is 6.60. The Labute approximate surface area is 110 Å². The van der Waals surface area contributed by atoms with Crippen molar-refractivity contribution in [2.24, 2.45) is 11.1 Å². The van der Waals surface area contributed by atoms with Crippen LogP contribution in [0.2, 0.25) is 0 Å². The van der Waals surface area contributed by atoms with Gasteiger partial charge >= 0.3 is 0 Å². The Morgan fingerprint density at radius 2 is 2.06 bits per heavy atom. The molecule has 1 rings (SSSR count). The maximum atomic E-state index is 12.2. The van der Waals surface area contributed by atoms with E-state index in [-0.39, 0.29) is 10.9 Å². The quantitative estimate of drug-likeness (QED) is 0.800. The second-order valence-electron chi connectivity index (χ2n) is 3.73. The van der Waals surface area contributed by atoms with Crippen molar-refractivity contribution in [2.45, 2.75) is 33.6 Å². The van der Waals surface area contributed by atoms with E-state index < -0.39 is 5.41 Å². The lowest BCUT2D eigenvalue weighted by atomic mass is 9.81. The van der Waals surface area contributed by atoms with Crippen LogP contribution < -0.4 is 11.1 Å². The average molecular weight is 272 g/mol. The van der Waals surface area contributed by atoms with Crippen molar-refractivity contribution in [3.8, 4) is 0 Å². The molecule has 94 valence electrons. The number of anilines is 1. The van der Waals surface area contributed by atoms with Gasteiger partial charge in [-0.2, -0.15) is 0 Å². The van der Waals surface area contributed by atoms with Crippen molar-refractivity contribution in [3.63, 3.8) is 0 Å². The minimum absolute atomic E-state index is 0.203. The first kappa shape index (κ1) is 14.0. The zero-order valence-corrected chi connectivity index (χ0v) is 11.7. The van der Waals surface area contributed by atoms with Crippen LogP contribution in [0.25, 0.3) is 0 Å². The molecule has 0 unspecified atom stereocenters. The van der Waals surface area contributed by atoms with Crippen LogP contribution >= 0.6 is 23.6 Å². The lowest BCUT2D eigenvalue weighted by molar-refractivity contribution is -0.122. The minimum atomic E-state index is -0.797. The van der Waals surface area contributed by atoms with Gasteiger partial charge in [0.2, 0.25) is 11.0 Å². The normalized spacial score (nSPS) is 11.2. The van der Waals surface area contributed by atoms with Crippen molar-refractivity contribution in [1.29, 1.82) is 0 Å². The zero-order chi connectivity index (χ0) is 13.1. The Bertz CT molecular complexity index is 426. The molecule has 1 aromatic heterocycles. The van der Waals surface area contributed by atoms with Gasteiger partial charge < -0.3 is 5.73 Å². The van der Waals surface area contributed by atoms with E-state index in [4.69, 9.17) is 18.0 Å². The summed E-state index contributed by atoms with van der Waals surface area (Å²) in [6.45, 7) is 5.62. The Morgan fingerprint density at radius 1 is 1.47 bits per heavy atom. The molecule has 0 saturated heterocycles. The van der Waals surface area contributed by atoms with Gasteiger partial charge in [0.1, 0.15) is 5.01 Å². The lowest BCUT2D eigenvalue weighted by Gasteiger charge is -2.28. The molecule has 0 bridgehead atoms. The summed E-state index contributed by atoms with van der Waals surface area (Å²) in [6, 6.07) is 0. The summed E-state index contributed by atoms with van der Waals surface area (Å²) in [5.41, 5.74) is 4.89. The van der Waals surface area contributed by atoms with Crippen LogP contribution in [0.5, 0.6) is 0 Å². The highest BCUT2D eigenvalue weighted by atomic mass is 32.1. The van der Waals surface area contributed by atoms with Crippen molar-refractivity contribution in [3.05, 3.63) is 5.01 Å². The summed E-state index contributed by atoms with van der Waals surface area (Å²) >= 11 is 6.34. The SMILES string of the molecule is CCC(CC)(C(=O)Nc1nnc(C)s1)C(N)=S. The third-order valence-electron chi connectivity index (χ3n) is 2.86. The number of nitrogens with one attached hydrogen (secondary N) is 1. The van der Waals surface area contributed by atoms with Gasteiger partial charge in [0.25, 0.3) is 0 Å². The summed E-state index contributed by atoms with van der Waals surface area (Å²) < 4.78 is 0. The second kappa shape index (κ2) is 5.50. The van der Waals surface area contributed by atoms with E-state index in [9.17, 15) is 4.79 Å². The Balaban J connectivity index is 2.90. The Hall–Kier alpha value is -1.08. The van der Waals surface area contributed by atoms with Crippen LogP contribution in [0.3, 0.4) is 0 Å². The molecule has 1 amide bonds. The monoisotopic (exact) mass is 272 g/mol. The Kier molecular flexibility index (Phi) is 4.53. The number of carbonyl (C=O) groups excluding carboxylic acids is 1. The van der Waals surface area contributed by atoms with E-state index in [1.54, 1.807) is 0 Å². The lowest BCUT2D eigenvalue weighted by Crippen LogP contribution is -2.45. The van der Waals surface area contributed by atoms with Crippen LogP contribution in [0.1, 0.15) is 31.7 Å². The van der Waals surface area contributed by atoms with E-state index in [2.05, 4.69) is 15.5 Å². The van der Waals surface area contributed by atoms with Gasteiger partial charge in [0, 0.05) is 0 Å². The molecule has 0 aliphatic rings. The fraction of sp³-hybridized carbons (Fsp3) is 0.600. The van der Waals surface area contributed by atoms with E-state index in [0.29, 0.717) is 18.0 Å². The largest absolute Gasteiger partial charge is 0.392 e. The summed E-state index contributed by atoms with van der Waals surface area (Å²) in [5.74, 6) is -0.203. The smallest absolute Gasteiger partial charge is 0.239 e. The van der Waals surface area contributed by atoms with Gasteiger partial charge in [-0.15, -0.1) is 10.2 Å². The van der Waals surface area contributed by atoms with Crippen molar-refractivity contribution < 1.29 is 4.79 Å². The van der Waals surface area contributed by atoms with E-state index >= 15 is 0 Å². The number of amides is 1. The molecule has 5 nitrogen and oxygen atoms in total. The molecule has 0 fully saturated rings. The highest BCUT2D eigenvalue weighted by Crippen LogP contribution is 2.29. The van der Waals surface area contributed by atoms with Gasteiger partial charge in [-0.3, -0.25) is 10.1 Å². The fourth-order valence-electron chi connectivity index (χ4n) is 1.60. The number of carbonyl (C=O) groups is 1. The molecule has 3 N–H and O–H groups in total. The topological polar surface area (TPSA) is 80.9 Å². The molecule has 0 saturated carbocycles. The third-order valence-corrected chi connectivity index (χ3v) is 4.00. The summed E-state index contributed by atoms with van der Waals surface area (Å²) in [6.07, 6.45) is 1.14. The van der Waals surface area contributed by atoms with Gasteiger partial charge in [-0.1, -0.05) is 37.4 Å². The van der Waals surface area contributed by atoms with Gasteiger partial charge in [0.15, 0.2) is 0 Å². The van der Waals surface area contributed by atoms with Crippen LogP contribution in [0, 0.1) is 12.3 Å². The molecule has 7 heteroatoms. The summed E-state index contributed by atoms with van der Waals surface area (Å²) in [5, 5.41) is 11.7. The number of thiocarbonyl (C=S) groups is 1. The minimum Gasteiger partial charge on any atom is -0.392 e. The molecule has 1 heterocycles. The van der Waals surface area contributed by atoms with Gasteiger partial charge in [-0.25, -0.2) is 0 Å². The Morgan fingerprint density at radius 3 is 2.41 bits per heavy atom. The predicted molar refractivity (Wildman–Crippen MR) is 73.1 cm³/mol. The van der Waals surface area contributed by atoms with E-state index in [0.717, 1.165) is 5.01 Å². The van der Waals surface area contributed by atoms with Crippen molar-refractivity contribution in [1.82, 2.24) is 10.2 Å². The number of hydrogen-bond donors (Lipinski definition) is 2. The van der Waals surface area contributed by atoms with Crippen LogP contribution in [-0.4, -0.2) is 21.1 Å². The molecule has 0 spiro atoms. The van der Waals surface area contributed by atoms with Crippen LogP contribution in [0.4, 0.5) is 5.13 Å². The van der Waals surface area contributed by atoms with Crippen molar-refractivity contribution >= 4 is 39.6 Å². The zero-order valence-electron chi connectivity index (χ0n) is 10.1. The third kappa shape index (κ3) is 2.78. The standard InChI is InChI=1S/C10H16N4OS2/c1-4-10(5-2,7(11)16)8(15)12-9-14-13-6(3)17-9/h4-5H2,1-3H3,(H2,11,16)(H,12,14,15). The second-order valence-corrected chi connectivity index (χ2v) is 5.36. The molecule has 0 aliphatic heterocycles. The number of aromatic nitrogens is 2. The highest BCUT2D eigenvalue weighted by molar-refractivity contribution is 7.80. The first-order valence-electron chi connectivity index (χ1n) is 5.37. The number of aryl methyl sites for hydroxylation is 1. The molecule has 0 aromatic carbocycles. The van der Waals surface area contributed by atoms with Crippen molar-refractivity contribution in [2.75, 3.05) is 5.32 Å². The molecule has 17 heavy (non-hydrogen) atoms. The number of nitrogens with two attached hydrogens (primary N) is 1. The summed E-state index contributed by atoms with van der Waals surface area (Å²) in [4.78, 5) is 12.4. The molecule has 0 aliphatic carbocycles. The highest BCUT2D eigenvalue weighted by Gasteiger charge is 2.38. The van der Waals surface area contributed by atoms with E-state index in [1.807, 2.05) is 20.8 Å². The van der Waals surface area contributed by atoms with E-state index in [1.165, 1.54) is 11.3 Å². The number of rotatable bonds is 5. The molecular formula is C10H16N4OS2. The number of hydrogen-bond acceptors (Lipinski definition) is 5. The fourth-order valence-corrected chi connectivity index (χ4v) is 2.56. The maximum absolute atomic E-state index is 12.2. The molecule has 0 radical (unpaired) electrons. The summed E-state index contributed by atoms with van der Waals surface area (Å²) in [7, 11) is 0. The average Bonchev–Trinajstić information content (AvgIpc) is 2.66. The van der Waals surface area contributed by atoms with Gasteiger partial charge in [-0.05, 0) is 19.8 Å². The van der Waals surface area contributed by atoms with Crippen LogP contribution in [-0.2, 0) is 4.79 Å². The molecular weight excluding hydrogens is 256 g/mol. The maximum Gasteiger partial charge on any atom is 0.239 e. The number of nitrogens with zero attached hydrogens (tertiary/aromatic N) is 2. The molecule has 1 aromatic rings. The first-order chi connectivity index (χ1) is 7.96.